The van der Waals surface area contributed by atoms with Crippen LogP contribution in [-0.2, 0) is 10.0 Å². The number of sulfonamides is 1. The Morgan fingerprint density at radius 1 is 1.03 bits per heavy atom. The molecule has 1 aromatic heterocycles. The second-order valence-electron chi connectivity index (χ2n) is 7.75. The van der Waals surface area contributed by atoms with E-state index in [-0.39, 0.29) is 26.8 Å². The molecular weight excluding hydrogens is 480 g/mol. The topological polar surface area (TPSA) is 79.4 Å². The average Bonchev–Trinajstić information content (AvgIpc) is 3.27. The van der Waals surface area contributed by atoms with Gasteiger partial charge in [0.05, 0.1) is 10.6 Å². The first-order valence-corrected chi connectivity index (χ1v) is 13.4. The van der Waals surface area contributed by atoms with E-state index in [0.717, 1.165) is 49.2 Å². The third kappa shape index (κ3) is 6.25. The van der Waals surface area contributed by atoms with E-state index in [9.17, 15) is 22.0 Å². The third-order valence-electron chi connectivity index (χ3n) is 5.21. The maximum absolute atomic E-state index is 14.0. The first-order valence-electron chi connectivity index (χ1n) is 11.1. The van der Waals surface area contributed by atoms with Gasteiger partial charge in [0.25, 0.3) is 5.91 Å². The minimum Gasteiger partial charge on any atom is -0.298 e. The fraction of sp³-hybridized carbons (Fsp3) is 0.333. The van der Waals surface area contributed by atoms with E-state index in [4.69, 9.17) is 0 Å². The van der Waals surface area contributed by atoms with Crippen LogP contribution in [0.1, 0.15) is 49.9 Å². The molecule has 2 aromatic carbocycles. The van der Waals surface area contributed by atoms with Crippen molar-refractivity contribution in [1.82, 2.24) is 9.29 Å². The number of amides is 1. The van der Waals surface area contributed by atoms with E-state index in [1.54, 1.807) is 5.38 Å². The van der Waals surface area contributed by atoms with Gasteiger partial charge < -0.3 is 0 Å². The summed E-state index contributed by atoms with van der Waals surface area (Å²) in [5.41, 5.74) is 0.666. The molecule has 1 N–H and O–H groups in total. The molecule has 0 aliphatic heterocycles. The van der Waals surface area contributed by atoms with Crippen molar-refractivity contribution < 1.29 is 22.0 Å². The number of carbonyl (C=O) groups is 1. The largest absolute Gasteiger partial charge is 0.298 e. The second-order valence-corrected chi connectivity index (χ2v) is 10.5. The Balaban J connectivity index is 1.72. The van der Waals surface area contributed by atoms with E-state index in [1.807, 2.05) is 13.8 Å². The van der Waals surface area contributed by atoms with Crippen molar-refractivity contribution in [2.75, 3.05) is 18.4 Å². The predicted molar refractivity (Wildman–Crippen MR) is 130 cm³/mol. The fourth-order valence-electron chi connectivity index (χ4n) is 3.27. The molecule has 0 saturated heterocycles. The molecule has 1 amide bonds. The van der Waals surface area contributed by atoms with Gasteiger partial charge in [-0.2, -0.15) is 4.31 Å². The lowest BCUT2D eigenvalue weighted by Gasteiger charge is -2.22. The van der Waals surface area contributed by atoms with Crippen LogP contribution in [0, 0.1) is 11.6 Å². The molecule has 6 nitrogen and oxygen atoms in total. The minimum absolute atomic E-state index is 0.128. The van der Waals surface area contributed by atoms with Crippen LogP contribution < -0.4 is 5.32 Å². The Labute approximate surface area is 202 Å². The van der Waals surface area contributed by atoms with Gasteiger partial charge in [0.1, 0.15) is 11.6 Å². The molecule has 0 fully saturated rings. The molecule has 0 saturated carbocycles. The number of hydrogen-bond acceptors (Lipinski definition) is 5. The van der Waals surface area contributed by atoms with Gasteiger partial charge in [0.15, 0.2) is 5.13 Å². The predicted octanol–water partition coefficient (Wildman–Crippen LogP) is 5.93. The lowest BCUT2D eigenvalue weighted by Crippen LogP contribution is -2.33. The molecule has 34 heavy (non-hydrogen) atoms. The maximum Gasteiger partial charge on any atom is 0.257 e. The van der Waals surface area contributed by atoms with Crippen LogP contribution >= 0.6 is 11.3 Å². The van der Waals surface area contributed by atoms with Crippen LogP contribution in [0.5, 0.6) is 0 Å². The second kappa shape index (κ2) is 11.6. The van der Waals surface area contributed by atoms with Crippen molar-refractivity contribution in [2.24, 2.45) is 0 Å². The minimum atomic E-state index is -3.65. The smallest absolute Gasteiger partial charge is 0.257 e. The van der Waals surface area contributed by atoms with E-state index < -0.39 is 27.6 Å². The molecular formula is C24H27F2N3O3S2. The van der Waals surface area contributed by atoms with Crippen molar-refractivity contribution in [2.45, 2.75) is 44.4 Å². The normalized spacial score (nSPS) is 11.7. The molecule has 3 rings (SSSR count). The summed E-state index contributed by atoms with van der Waals surface area (Å²) in [6, 6.07) is 8.95. The first kappa shape index (κ1) is 25.9. The SMILES string of the molecule is CCCCN(CCCC)S(=O)(=O)c1ccc(C(=O)Nc2nc(-c3ccc(F)cc3F)cs2)cc1. The Bertz CT molecular complexity index is 1220. The van der Waals surface area contributed by atoms with Crippen molar-refractivity contribution in [1.29, 1.82) is 0 Å². The molecule has 3 aromatic rings. The summed E-state index contributed by atoms with van der Waals surface area (Å²) in [5.74, 6) is -1.90. The number of nitrogens with zero attached hydrogens (tertiary/aromatic N) is 2. The summed E-state index contributed by atoms with van der Waals surface area (Å²) in [4.78, 5) is 17.0. The summed E-state index contributed by atoms with van der Waals surface area (Å²) < 4.78 is 54.7. The molecule has 0 atom stereocenters. The monoisotopic (exact) mass is 507 g/mol. The number of nitrogens with one attached hydrogen (secondary N) is 1. The standard InChI is InChI=1S/C24H27F2N3O3S2/c1-3-5-13-29(14-6-4-2)34(31,32)19-10-7-17(8-11-19)23(30)28-24-27-22(16-33-24)20-12-9-18(25)15-21(20)26/h7-12,15-16H,3-6,13-14H2,1-2H3,(H,27,28,30). The van der Waals surface area contributed by atoms with Crippen LogP contribution in [0.3, 0.4) is 0 Å². The summed E-state index contributed by atoms with van der Waals surface area (Å²) in [6.07, 6.45) is 3.34. The Kier molecular flexibility index (Phi) is 8.87. The van der Waals surface area contributed by atoms with Crippen LogP contribution in [0.2, 0.25) is 0 Å². The van der Waals surface area contributed by atoms with Gasteiger partial charge in [-0.15, -0.1) is 11.3 Å². The zero-order valence-corrected chi connectivity index (χ0v) is 20.7. The number of benzene rings is 2. The molecule has 10 heteroatoms. The summed E-state index contributed by atoms with van der Waals surface area (Å²) in [5, 5.41) is 4.43. The molecule has 182 valence electrons. The quantitative estimate of drug-likeness (QED) is 0.349. The van der Waals surface area contributed by atoms with Crippen molar-refractivity contribution in [3.05, 3.63) is 65.0 Å². The van der Waals surface area contributed by atoms with Crippen molar-refractivity contribution in [3.8, 4) is 11.3 Å². The van der Waals surface area contributed by atoms with Crippen LogP contribution in [0.25, 0.3) is 11.3 Å². The molecule has 0 bridgehead atoms. The summed E-state index contributed by atoms with van der Waals surface area (Å²) >= 11 is 1.10. The van der Waals surface area contributed by atoms with Crippen LogP contribution in [0.15, 0.2) is 52.7 Å². The van der Waals surface area contributed by atoms with E-state index in [0.29, 0.717) is 13.1 Å². The molecule has 1 heterocycles. The molecule has 0 aliphatic carbocycles. The van der Waals surface area contributed by atoms with Gasteiger partial charge in [-0.1, -0.05) is 26.7 Å². The zero-order valence-electron chi connectivity index (χ0n) is 19.1. The lowest BCUT2D eigenvalue weighted by atomic mass is 10.1. The van der Waals surface area contributed by atoms with E-state index >= 15 is 0 Å². The highest BCUT2D eigenvalue weighted by Crippen LogP contribution is 2.28. The Morgan fingerprint density at radius 2 is 1.68 bits per heavy atom. The van der Waals surface area contributed by atoms with Crippen LogP contribution in [-0.4, -0.2) is 36.7 Å². The van der Waals surface area contributed by atoms with E-state index in [1.165, 1.54) is 34.6 Å². The number of halogens is 2. The van der Waals surface area contributed by atoms with Crippen molar-refractivity contribution >= 4 is 32.4 Å². The first-order chi connectivity index (χ1) is 16.3. The van der Waals surface area contributed by atoms with Crippen LogP contribution in [0.4, 0.5) is 13.9 Å². The van der Waals surface area contributed by atoms with Gasteiger partial charge in [-0.3, -0.25) is 10.1 Å². The van der Waals surface area contributed by atoms with Gasteiger partial charge >= 0.3 is 0 Å². The van der Waals surface area contributed by atoms with Crippen molar-refractivity contribution in [3.63, 3.8) is 0 Å². The number of anilines is 1. The average molecular weight is 508 g/mol. The number of rotatable bonds is 11. The molecule has 0 unspecified atom stereocenters. The maximum atomic E-state index is 14.0. The highest BCUT2D eigenvalue weighted by atomic mass is 32.2. The van der Waals surface area contributed by atoms with Gasteiger partial charge in [-0.25, -0.2) is 22.2 Å². The number of aromatic nitrogens is 1. The Hall–Kier alpha value is -2.69. The number of hydrogen-bond donors (Lipinski definition) is 1. The highest BCUT2D eigenvalue weighted by molar-refractivity contribution is 7.89. The van der Waals surface area contributed by atoms with Gasteiger partial charge in [-0.05, 0) is 49.2 Å². The lowest BCUT2D eigenvalue weighted by molar-refractivity contribution is 0.102. The Morgan fingerprint density at radius 3 is 2.26 bits per heavy atom. The van der Waals surface area contributed by atoms with Gasteiger partial charge in [0.2, 0.25) is 10.0 Å². The summed E-state index contributed by atoms with van der Waals surface area (Å²) in [6.45, 7) is 4.95. The molecule has 0 radical (unpaired) electrons. The van der Waals surface area contributed by atoms with Gasteiger partial charge in [0, 0.05) is 35.7 Å². The fourth-order valence-corrected chi connectivity index (χ4v) is 5.49. The van der Waals surface area contributed by atoms with E-state index in [2.05, 4.69) is 10.3 Å². The summed E-state index contributed by atoms with van der Waals surface area (Å²) in [7, 11) is -3.65. The molecule has 0 aliphatic rings. The number of thiazole rings is 1. The zero-order chi connectivity index (χ0) is 24.7. The molecule has 0 spiro atoms. The third-order valence-corrected chi connectivity index (χ3v) is 7.88. The number of unbranched alkanes of at least 4 members (excludes halogenated alkanes) is 2. The highest BCUT2D eigenvalue weighted by Gasteiger charge is 2.24. The number of carbonyl (C=O) groups excluding carboxylic acids is 1.